The first kappa shape index (κ1) is 27.7. The lowest BCUT2D eigenvalue weighted by molar-refractivity contribution is -0.142. The first-order valence-corrected chi connectivity index (χ1v) is 12.8. The molecular weight excluding hydrogens is 470 g/mol. The standard InChI is InChI=1S/C28H37N5O4/c29-28(30)32-18-22-11-4-9-21(15-22)10-5-13-25(34)31-19-24-16-23(17-26(35)36)27(37)33(24)14-6-12-20-7-2-1-3-8-20/h1-4,7-9,11,15,23-24H,5-6,10,12-14,16-19H2,(H,31,34)(H,35,36)(H4,29,30,32)/t23-,24-/m0/s1. The Kier molecular flexibility index (Phi) is 10.5. The highest BCUT2D eigenvalue weighted by molar-refractivity contribution is 5.85. The molecule has 2 atom stereocenters. The number of guanidine groups is 1. The van der Waals surface area contributed by atoms with Gasteiger partial charge in [0.05, 0.1) is 18.9 Å². The number of carbonyl (C=O) groups is 3. The van der Waals surface area contributed by atoms with Crippen LogP contribution >= 0.6 is 0 Å². The molecule has 9 heteroatoms. The molecule has 198 valence electrons. The summed E-state index contributed by atoms with van der Waals surface area (Å²) in [5, 5.41) is 12.2. The van der Waals surface area contributed by atoms with Crippen LogP contribution in [0.5, 0.6) is 0 Å². The number of aryl methyl sites for hydroxylation is 2. The van der Waals surface area contributed by atoms with Gasteiger partial charge in [-0.05, 0) is 48.8 Å². The van der Waals surface area contributed by atoms with Gasteiger partial charge < -0.3 is 26.8 Å². The van der Waals surface area contributed by atoms with Crippen molar-refractivity contribution < 1.29 is 19.5 Å². The van der Waals surface area contributed by atoms with Gasteiger partial charge in [-0.3, -0.25) is 14.4 Å². The number of hydrogen-bond acceptors (Lipinski definition) is 4. The third-order valence-electron chi connectivity index (χ3n) is 6.60. The van der Waals surface area contributed by atoms with Crippen molar-refractivity contribution >= 4 is 23.7 Å². The minimum Gasteiger partial charge on any atom is -0.481 e. The Morgan fingerprint density at radius 2 is 1.70 bits per heavy atom. The van der Waals surface area contributed by atoms with Crippen molar-refractivity contribution in [1.82, 2.24) is 10.2 Å². The second-order valence-corrected chi connectivity index (χ2v) is 9.52. The number of aliphatic carboxylic acids is 1. The van der Waals surface area contributed by atoms with Crippen LogP contribution in [0.15, 0.2) is 59.6 Å². The lowest BCUT2D eigenvalue weighted by Gasteiger charge is -2.25. The normalized spacial score (nSPS) is 17.0. The van der Waals surface area contributed by atoms with Crippen LogP contribution in [-0.2, 0) is 33.8 Å². The Bertz CT molecular complexity index is 1080. The largest absolute Gasteiger partial charge is 0.481 e. The summed E-state index contributed by atoms with van der Waals surface area (Å²) in [6.45, 7) is 1.29. The number of nitrogens with two attached hydrogens (primary N) is 2. The van der Waals surface area contributed by atoms with Crippen LogP contribution in [0.3, 0.4) is 0 Å². The Hall–Kier alpha value is -3.88. The Morgan fingerprint density at radius 1 is 1.00 bits per heavy atom. The predicted molar refractivity (Wildman–Crippen MR) is 143 cm³/mol. The number of hydrogen-bond donors (Lipinski definition) is 4. The van der Waals surface area contributed by atoms with E-state index in [9.17, 15) is 19.5 Å². The fraction of sp³-hybridized carbons (Fsp3) is 0.429. The highest BCUT2D eigenvalue weighted by Crippen LogP contribution is 2.27. The molecule has 0 radical (unpaired) electrons. The molecule has 37 heavy (non-hydrogen) atoms. The van der Waals surface area contributed by atoms with E-state index in [1.807, 2.05) is 42.5 Å². The minimum absolute atomic E-state index is 0.0510. The molecule has 2 aromatic carbocycles. The first-order valence-electron chi connectivity index (χ1n) is 12.8. The molecule has 1 aliphatic rings. The zero-order valence-corrected chi connectivity index (χ0v) is 21.1. The van der Waals surface area contributed by atoms with Crippen LogP contribution in [0.25, 0.3) is 0 Å². The summed E-state index contributed by atoms with van der Waals surface area (Å²) in [5.74, 6) is -1.67. The Morgan fingerprint density at radius 3 is 2.43 bits per heavy atom. The molecule has 0 aromatic heterocycles. The fourth-order valence-corrected chi connectivity index (χ4v) is 4.78. The molecule has 2 amide bonds. The number of carboxylic acid groups (broad SMARTS) is 1. The van der Waals surface area contributed by atoms with E-state index in [1.165, 1.54) is 5.56 Å². The number of likely N-dealkylation sites (tertiary alicyclic amines) is 1. The maximum Gasteiger partial charge on any atom is 0.304 e. The van der Waals surface area contributed by atoms with E-state index >= 15 is 0 Å². The van der Waals surface area contributed by atoms with E-state index in [0.29, 0.717) is 38.9 Å². The molecule has 1 fully saturated rings. The van der Waals surface area contributed by atoms with Gasteiger partial charge in [0.1, 0.15) is 0 Å². The van der Waals surface area contributed by atoms with E-state index in [-0.39, 0.29) is 30.2 Å². The van der Waals surface area contributed by atoms with Crippen molar-refractivity contribution in [2.75, 3.05) is 13.1 Å². The van der Waals surface area contributed by atoms with Crippen LogP contribution in [0.2, 0.25) is 0 Å². The van der Waals surface area contributed by atoms with E-state index < -0.39 is 11.9 Å². The molecule has 1 saturated heterocycles. The SMILES string of the molecule is NC(N)=NCc1cccc(CCCC(=O)NC[C@@H]2C[C@@H](CC(=O)O)C(=O)N2CCCc2ccccc2)c1. The summed E-state index contributed by atoms with van der Waals surface area (Å²) >= 11 is 0. The number of benzene rings is 2. The number of nitrogens with one attached hydrogen (secondary N) is 1. The Labute approximate surface area is 217 Å². The van der Waals surface area contributed by atoms with Crippen LogP contribution in [-0.4, -0.2) is 52.9 Å². The third-order valence-corrected chi connectivity index (χ3v) is 6.60. The lowest BCUT2D eigenvalue weighted by Crippen LogP contribution is -2.42. The summed E-state index contributed by atoms with van der Waals surface area (Å²) < 4.78 is 0. The fourth-order valence-electron chi connectivity index (χ4n) is 4.78. The van der Waals surface area contributed by atoms with Gasteiger partial charge in [0.2, 0.25) is 11.8 Å². The molecule has 1 heterocycles. The second-order valence-electron chi connectivity index (χ2n) is 9.52. The number of rotatable bonds is 14. The van der Waals surface area contributed by atoms with E-state index in [1.54, 1.807) is 4.90 Å². The van der Waals surface area contributed by atoms with Crippen LogP contribution in [0.1, 0.15) is 48.8 Å². The average Bonchev–Trinajstić information content (AvgIpc) is 3.16. The molecule has 2 aromatic rings. The maximum absolute atomic E-state index is 12.9. The lowest BCUT2D eigenvalue weighted by atomic mass is 10.0. The topological polar surface area (TPSA) is 151 Å². The molecule has 0 bridgehead atoms. The summed E-state index contributed by atoms with van der Waals surface area (Å²) in [7, 11) is 0. The summed E-state index contributed by atoms with van der Waals surface area (Å²) in [6, 6.07) is 17.8. The number of carbonyl (C=O) groups excluding carboxylic acids is 2. The van der Waals surface area contributed by atoms with Crippen molar-refractivity contribution in [3.05, 3.63) is 71.3 Å². The van der Waals surface area contributed by atoms with Crippen LogP contribution in [0, 0.1) is 5.92 Å². The van der Waals surface area contributed by atoms with Crippen LogP contribution < -0.4 is 16.8 Å². The number of nitrogens with zero attached hydrogens (tertiary/aromatic N) is 2. The quantitative estimate of drug-likeness (QED) is 0.227. The van der Waals surface area contributed by atoms with Gasteiger partial charge in [0, 0.05) is 25.6 Å². The zero-order valence-electron chi connectivity index (χ0n) is 21.1. The molecule has 1 aliphatic heterocycles. The highest BCUT2D eigenvalue weighted by Gasteiger charge is 2.39. The van der Waals surface area contributed by atoms with E-state index in [4.69, 9.17) is 11.5 Å². The van der Waals surface area contributed by atoms with Crippen LogP contribution in [0.4, 0.5) is 0 Å². The Balaban J connectivity index is 1.47. The molecule has 3 rings (SSSR count). The van der Waals surface area contributed by atoms with Crippen molar-refractivity contribution in [2.45, 2.75) is 57.5 Å². The van der Waals surface area contributed by atoms with E-state index in [0.717, 1.165) is 30.4 Å². The predicted octanol–water partition coefficient (Wildman–Crippen LogP) is 2.22. The summed E-state index contributed by atoms with van der Waals surface area (Å²) in [6.07, 6.45) is 3.68. The molecular formula is C28H37N5O4. The molecule has 0 saturated carbocycles. The third kappa shape index (κ3) is 9.25. The van der Waals surface area contributed by atoms with Gasteiger partial charge in [0.25, 0.3) is 0 Å². The van der Waals surface area contributed by atoms with Gasteiger partial charge in [-0.15, -0.1) is 0 Å². The van der Waals surface area contributed by atoms with Gasteiger partial charge in [-0.25, -0.2) is 4.99 Å². The zero-order chi connectivity index (χ0) is 26.6. The van der Waals surface area contributed by atoms with Gasteiger partial charge >= 0.3 is 5.97 Å². The number of carboxylic acids is 1. The van der Waals surface area contributed by atoms with Crippen molar-refractivity contribution in [3.63, 3.8) is 0 Å². The van der Waals surface area contributed by atoms with Crippen molar-refractivity contribution in [2.24, 2.45) is 22.4 Å². The molecule has 0 aliphatic carbocycles. The smallest absolute Gasteiger partial charge is 0.304 e. The number of aliphatic imine (C=N–C) groups is 1. The summed E-state index contributed by atoms with van der Waals surface area (Å²) in [4.78, 5) is 42.5. The minimum atomic E-state index is -0.977. The molecule has 6 N–H and O–H groups in total. The highest BCUT2D eigenvalue weighted by atomic mass is 16.4. The average molecular weight is 508 g/mol. The van der Waals surface area contributed by atoms with Gasteiger partial charge in [0.15, 0.2) is 5.96 Å². The summed E-state index contributed by atoms with van der Waals surface area (Å²) in [5.41, 5.74) is 14.1. The second kappa shape index (κ2) is 14.0. The maximum atomic E-state index is 12.9. The molecule has 9 nitrogen and oxygen atoms in total. The first-order chi connectivity index (χ1) is 17.8. The monoisotopic (exact) mass is 507 g/mol. The van der Waals surface area contributed by atoms with E-state index in [2.05, 4.69) is 22.4 Å². The molecule has 0 spiro atoms. The van der Waals surface area contributed by atoms with Crippen molar-refractivity contribution in [1.29, 1.82) is 0 Å². The van der Waals surface area contributed by atoms with Gasteiger partial charge in [-0.2, -0.15) is 0 Å². The molecule has 0 unspecified atom stereocenters. The van der Waals surface area contributed by atoms with Gasteiger partial charge in [-0.1, -0.05) is 54.6 Å². The number of amides is 2. The van der Waals surface area contributed by atoms with Crippen molar-refractivity contribution in [3.8, 4) is 0 Å².